The standard InChI is InChI=1S/C28H32F2N2O2/c1-3-19-13-22(4-2)28(31-16-19)32-11-9-21(10-12-32)18-34-27-25(29)14-24(15-26(27)30)23-7-5-20(17-33)6-8-23/h5-8,13-16,21,33H,3-4,9-12,17-18H2,1-2H3. The van der Waals surface area contributed by atoms with Crippen LogP contribution in [0.3, 0.4) is 0 Å². The van der Waals surface area contributed by atoms with Crippen molar-refractivity contribution in [2.75, 3.05) is 24.6 Å². The Morgan fingerprint density at radius 2 is 1.62 bits per heavy atom. The number of pyridine rings is 1. The van der Waals surface area contributed by atoms with Crippen molar-refractivity contribution in [2.24, 2.45) is 5.92 Å². The second kappa shape index (κ2) is 11.0. The van der Waals surface area contributed by atoms with Gasteiger partial charge in [0.25, 0.3) is 0 Å². The Labute approximate surface area is 200 Å². The highest BCUT2D eigenvalue weighted by Gasteiger charge is 2.23. The molecule has 2 heterocycles. The van der Waals surface area contributed by atoms with E-state index in [1.807, 2.05) is 6.20 Å². The number of hydrogen-bond donors (Lipinski definition) is 1. The smallest absolute Gasteiger partial charge is 0.190 e. The monoisotopic (exact) mass is 466 g/mol. The van der Waals surface area contributed by atoms with Crippen molar-refractivity contribution in [1.82, 2.24) is 4.98 Å². The lowest BCUT2D eigenvalue weighted by molar-refractivity contribution is 0.207. The van der Waals surface area contributed by atoms with Gasteiger partial charge in [0.1, 0.15) is 5.82 Å². The average molecular weight is 467 g/mol. The summed E-state index contributed by atoms with van der Waals surface area (Å²) in [5, 5.41) is 9.16. The van der Waals surface area contributed by atoms with Crippen molar-refractivity contribution in [1.29, 1.82) is 0 Å². The first kappa shape index (κ1) is 24.1. The molecule has 4 nitrogen and oxygen atoms in total. The highest BCUT2D eigenvalue weighted by molar-refractivity contribution is 5.65. The van der Waals surface area contributed by atoms with Crippen molar-refractivity contribution in [3.8, 4) is 16.9 Å². The molecule has 4 rings (SSSR count). The normalized spacial score (nSPS) is 14.4. The summed E-state index contributed by atoms with van der Waals surface area (Å²) in [5.74, 6) is -0.430. The van der Waals surface area contributed by atoms with Gasteiger partial charge in [-0.15, -0.1) is 0 Å². The first-order chi connectivity index (χ1) is 16.5. The lowest BCUT2D eigenvalue weighted by Gasteiger charge is -2.34. The molecule has 3 aromatic rings. The zero-order valence-electron chi connectivity index (χ0n) is 19.9. The Kier molecular flexibility index (Phi) is 7.78. The topological polar surface area (TPSA) is 45.6 Å². The fourth-order valence-corrected chi connectivity index (χ4v) is 4.47. The summed E-state index contributed by atoms with van der Waals surface area (Å²) in [6, 6.07) is 11.8. The number of aromatic nitrogens is 1. The summed E-state index contributed by atoms with van der Waals surface area (Å²) in [6.45, 7) is 6.21. The molecule has 0 unspecified atom stereocenters. The molecule has 0 atom stereocenters. The zero-order chi connectivity index (χ0) is 24.1. The third-order valence-electron chi connectivity index (χ3n) is 6.63. The van der Waals surface area contributed by atoms with Crippen LogP contribution in [0.5, 0.6) is 5.75 Å². The Bertz CT molecular complexity index is 1090. The van der Waals surface area contributed by atoms with E-state index in [-0.39, 0.29) is 24.9 Å². The van der Waals surface area contributed by atoms with Crippen LogP contribution < -0.4 is 9.64 Å². The second-order valence-corrected chi connectivity index (χ2v) is 8.90. The Hall–Kier alpha value is -2.99. The molecule has 2 aromatic carbocycles. The fraction of sp³-hybridized carbons (Fsp3) is 0.393. The lowest BCUT2D eigenvalue weighted by Crippen LogP contribution is -2.36. The highest BCUT2D eigenvalue weighted by Crippen LogP contribution is 2.31. The molecule has 34 heavy (non-hydrogen) atoms. The molecule has 1 saturated heterocycles. The van der Waals surface area contributed by atoms with Gasteiger partial charge in [-0.25, -0.2) is 13.8 Å². The summed E-state index contributed by atoms with van der Waals surface area (Å²) in [6.07, 6.45) is 5.65. The molecule has 1 aliphatic heterocycles. The summed E-state index contributed by atoms with van der Waals surface area (Å²) in [4.78, 5) is 7.02. The van der Waals surface area contributed by atoms with Gasteiger partial charge in [-0.05, 0) is 71.6 Å². The van der Waals surface area contributed by atoms with Gasteiger partial charge in [0.2, 0.25) is 0 Å². The van der Waals surface area contributed by atoms with Crippen LogP contribution in [0.25, 0.3) is 11.1 Å². The van der Waals surface area contributed by atoms with Gasteiger partial charge in [-0.1, -0.05) is 44.2 Å². The molecule has 0 saturated carbocycles. The number of ether oxygens (including phenoxy) is 1. The number of piperidine rings is 1. The van der Waals surface area contributed by atoms with E-state index in [0.717, 1.165) is 50.2 Å². The first-order valence-electron chi connectivity index (χ1n) is 12.1. The predicted molar refractivity (Wildman–Crippen MR) is 131 cm³/mol. The highest BCUT2D eigenvalue weighted by atomic mass is 19.1. The predicted octanol–water partition coefficient (Wildman–Crippen LogP) is 5.94. The molecular weight excluding hydrogens is 434 g/mol. The van der Waals surface area contributed by atoms with Crippen LogP contribution in [0.4, 0.5) is 14.6 Å². The van der Waals surface area contributed by atoms with Crippen molar-refractivity contribution < 1.29 is 18.6 Å². The summed E-state index contributed by atoms with van der Waals surface area (Å²) < 4.78 is 35.0. The van der Waals surface area contributed by atoms with Gasteiger partial charge in [0.05, 0.1) is 13.2 Å². The van der Waals surface area contributed by atoms with Crippen molar-refractivity contribution in [3.63, 3.8) is 0 Å². The Morgan fingerprint density at radius 1 is 0.941 bits per heavy atom. The van der Waals surface area contributed by atoms with E-state index < -0.39 is 11.6 Å². The molecule has 0 bridgehead atoms. The molecule has 180 valence electrons. The van der Waals surface area contributed by atoms with Gasteiger partial charge in [0, 0.05) is 19.3 Å². The number of nitrogens with zero attached hydrogens (tertiary/aromatic N) is 2. The third kappa shape index (κ3) is 5.39. The van der Waals surface area contributed by atoms with Crippen LogP contribution in [0, 0.1) is 17.6 Å². The molecule has 1 aliphatic rings. The van der Waals surface area contributed by atoms with E-state index in [9.17, 15) is 8.78 Å². The SMILES string of the molecule is CCc1cnc(N2CCC(COc3c(F)cc(-c4ccc(CO)cc4)cc3F)CC2)c(CC)c1. The molecule has 6 heteroatoms. The van der Waals surface area contributed by atoms with E-state index in [1.165, 1.54) is 23.3 Å². The quantitative estimate of drug-likeness (QED) is 0.446. The molecule has 0 spiro atoms. The summed E-state index contributed by atoms with van der Waals surface area (Å²) in [7, 11) is 0. The van der Waals surface area contributed by atoms with Gasteiger partial charge in [-0.2, -0.15) is 0 Å². The van der Waals surface area contributed by atoms with Crippen molar-refractivity contribution in [2.45, 2.75) is 46.1 Å². The van der Waals surface area contributed by atoms with Crippen LogP contribution in [-0.4, -0.2) is 29.8 Å². The van der Waals surface area contributed by atoms with Crippen molar-refractivity contribution in [3.05, 3.63) is 77.0 Å². The minimum Gasteiger partial charge on any atom is -0.487 e. The van der Waals surface area contributed by atoms with E-state index in [4.69, 9.17) is 14.8 Å². The molecule has 0 amide bonds. The summed E-state index contributed by atoms with van der Waals surface area (Å²) in [5.41, 5.74) is 4.38. The van der Waals surface area contributed by atoms with Gasteiger partial charge in [-0.3, -0.25) is 0 Å². The van der Waals surface area contributed by atoms with Gasteiger partial charge < -0.3 is 14.7 Å². The minimum absolute atomic E-state index is 0.0733. The van der Waals surface area contributed by atoms with E-state index in [0.29, 0.717) is 11.1 Å². The summed E-state index contributed by atoms with van der Waals surface area (Å²) >= 11 is 0. The molecular formula is C28H32F2N2O2. The number of rotatable bonds is 8. The largest absolute Gasteiger partial charge is 0.487 e. The third-order valence-corrected chi connectivity index (χ3v) is 6.63. The van der Waals surface area contributed by atoms with Crippen molar-refractivity contribution >= 4 is 5.82 Å². The van der Waals surface area contributed by atoms with Gasteiger partial charge >= 0.3 is 0 Å². The van der Waals surface area contributed by atoms with Crippen LogP contribution in [0.2, 0.25) is 0 Å². The average Bonchev–Trinajstić information content (AvgIpc) is 2.88. The maximum atomic E-state index is 14.7. The number of aliphatic hydroxyl groups is 1. The van der Waals surface area contributed by atoms with Crippen LogP contribution in [0.1, 0.15) is 43.4 Å². The number of aryl methyl sites for hydroxylation is 2. The van der Waals surface area contributed by atoms with E-state index in [2.05, 4.69) is 24.8 Å². The molecule has 0 radical (unpaired) electrons. The number of aliphatic hydroxyl groups excluding tert-OH is 1. The fourth-order valence-electron chi connectivity index (χ4n) is 4.47. The number of benzene rings is 2. The lowest BCUT2D eigenvalue weighted by atomic mass is 9.97. The maximum Gasteiger partial charge on any atom is 0.190 e. The maximum absolute atomic E-state index is 14.7. The van der Waals surface area contributed by atoms with Crippen LogP contribution in [-0.2, 0) is 19.4 Å². The van der Waals surface area contributed by atoms with E-state index >= 15 is 0 Å². The number of anilines is 1. The van der Waals surface area contributed by atoms with E-state index in [1.54, 1.807) is 24.3 Å². The second-order valence-electron chi connectivity index (χ2n) is 8.90. The number of halogens is 2. The Morgan fingerprint density at radius 3 is 2.21 bits per heavy atom. The molecule has 1 aromatic heterocycles. The van der Waals surface area contributed by atoms with Crippen LogP contribution >= 0.6 is 0 Å². The molecule has 1 fully saturated rings. The molecule has 1 N–H and O–H groups in total. The first-order valence-corrected chi connectivity index (χ1v) is 12.1. The Balaban J connectivity index is 1.36. The number of hydrogen-bond acceptors (Lipinski definition) is 4. The van der Waals surface area contributed by atoms with Gasteiger partial charge in [0.15, 0.2) is 17.4 Å². The minimum atomic E-state index is -0.702. The molecule has 0 aliphatic carbocycles. The zero-order valence-corrected chi connectivity index (χ0v) is 19.9. The van der Waals surface area contributed by atoms with Crippen LogP contribution in [0.15, 0.2) is 48.7 Å².